The molecule has 10 nitrogen and oxygen atoms in total. The summed E-state index contributed by atoms with van der Waals surface area (Å²) < 4.78 is 11.4. The maximum absolute atomic E-state index is 13.3. The third-order valence-corrected chi connectivity index (χ3v) is 9.39. The summed E-state index contributed by atoms with van der Waals surface area (Å²) in [6, 6.07) is 8.84. The van der Waals surface area contributed by atoms with Crippen LogP contribution in [0.4, 0.5) is 9.59 Å². The van der Waals surface area contributed by atoms with Crippen LogP contribution in [-0.2, 0) is 9.47 Å². The average Bonchev–Trinajstić information content (AvgIpc) is 3.98. The van der Waals surface area contributed by atoms with E-state index in [4.69, 9.17) is 31.8 Å². The van der Waals surface area contributed by atoms with Crippen LogP contribution in [0, 0.1) is 5.92 Å². The molecule has 1 aromatic carbocycles. The van der Waals surface area contributed by atoms with E-state index in [2.05, 4.69) is 16.8 Å². The molecule has 2 saturated carbocycles. The van der Waals surface area contributed by atoms with Gasteiger partial charge in [-0.25, -0.2) is 9.59 Å². The highest BCUT2D eigenvalue weighted by atomic mass is 35.5. The largest absolute Gasteiger partial charge is 0.449 e. The topological polar surface area (TPSA) is 113 Å². The van der Waals surface area contributed by atoms with E-state index in [0.717, 1.165) is 53.6 Å². The van der Waals surface area contributed by atoms with Crippen molar-refractivity contribution >= 4 is 35.4 Å². The minimum absolute atomic E-state index is 0.229. The van der Waals surface area contributed by atoms with Crippen LogP contribution in [0.15, 0.2) is 61.2 Å². The number of hydrogen-bond acceptors (Lipinski definition) is 8. The van der Waals surface area contributed by atoms with Gasteiger partial charge in [-0.15, -0.1) is 0 Å². The SMILES string of the molecule is C=CN(C)/C(=C\N)C(NC(=O)OC1(C)CC1)C1=Cc2cccnc2C(N2CCN(C(=O)OCC3CC3)CC2)c2ccc(Cl)cc21. The van der Waals surface area contributed by atoms with Crippen molar-refractivity contribution in [3.05, 3.63) is 88.6 Å². The number of piperazine rings is 1. The van der Waals surface area contributed by atoms with Crippen LogP contribution < -0.4 is 11.1 Å². The van der Waals surface area contributed by atoms with Crippen molar-refractivity contribution in [1.82, 2.24) is 25.0 Å². The molecule has 2 heterocycles. The van der Waals surface area contributed by atoms with E-state index in [1.165, 1.54) is 6.20 Å². The number of alkyl carbamates (subject to hydrolysis) is 1. The quantitative estimate of drug-likeness (QED) is 0.380. The number of halogens is 1. The molecule has 1 aliphatic heterocycles. The van der Waals surface area contributed by atoms with Crippen LogP contribution in [-0.4, -0.2) is 83.3 Å². The van der Waals surface area contributed by atoms with Gasteiger partial charge in [0, 0.05) is 50.6 Å². The molecule has 11 heteroatoms. The molecule has 4 aliphatic rings. The molecule has 0 bridgehead atoms. The Morgan fingerprint density at radius 3 is 2.67 bits per heavy atom. The van der Waals surface area contributed by atoms with E-state index in [9.17, 15) is 9.59 Å². The highest BCUT2D eigenvalue weighted by molar-refractivity contribution is 6.30. The minimum atomic E-state index is -0.699. The highest BCUT2D eigenvalue weighted by Crippen LogP contribution is 2.43. The lowest BCUT2D eigenvalue weighted by molar-refractivity contribution is 0.0656. The Bertz CT molecular complexity index is 1530. The van der Waals surface area contributed by atoms with E-state index in [-0.39, 0.29) is 12.1 Å². The Labute approximate surface area is 269 Å². The summed E-state index contributed by atoms with van der Waals surface area (Å²) in [5.74, 6) is 0.520. The lowest BCUT2D eigenvalue weighted by Crippen LogP contribution is -2.50. The zero-order valence-corrected chi connectivity index (χ0v) is 26.6. The predicted octanol–water partition coefficient (Wildman–Crippen LogP) is 5.37. The normalized spacial score (nSPS) is 21.3. The molecule has 2 aromatic rings. The Balaban J connectivity index is 1.37. The second-order valence-electron chi connectivity index (χ2n) is 12.6. The average molecular weight is 633 g/mol. The predicted molar refractivity (Wildman–Crippen MR) is 174 cm³/mol. The molecule has 2 unspecified atom stereocenters. The number of carbonyl (C=O) groups is 2. The minimum Gasteiger partial charge on any atom is -0.449 e. The molecule has 0 radical (unpaired) electrons. The van der Waals surface area contributed by atoms with Crippen LogP contribution in [0.25, 0.3) is 11.6 Å². The van der Waals surface area contributed by atoms with Gasteiger partial charge < -0.3 is 30.3 Å². The van der Waals surface area contributed by atoms with Gasteiger partial charge in [0.25, 0.3) is 0 Å². The number of ether oxygens (including phenoxy) is 2. The van der Waals surface area contributed by atoms with Crippen LogP contribution in [0.5, 0.6) is 0 Å². The standard InChI is InChI=1S/C34H41ClN6O4/c1-4-39(3)28(20-36)30(38-32(42)45-34(2)11-12-34)27-18-23-6-5-13-37-29(23)31(25-10-9-24(35)19-26(25)27)40-14-16-41(17-15-40)33(43)44-21-22-7-8-22/h4-6,9-10,13,18-20,22,30-31H,1,7-8,11-12,14-17,21,36H2,2-3H3,(H,38,42)/b28-20-. The van der Waals surface area contributed by atoms with E-state index >= 15 is 0 Å². The van der Waals surface area contributed by atoms with Crippen LogP contribution in [0.3, 0.4) is 0 Å². The molecule has 2 amide bonds. The Hall–Kier alpha value is -4.02. The Morgan fingerprint density at radius 1 is 1.24 bits per heavy atom. The van der Waals surface area contributed by atoms with Gasteiger partial charge in [-0.2, -0.15) is 0 Å². The van der Waals surface area contributed by atoms with Gasteiger partial charge in [-0.05, 0) is 91.3 Å². The second kappa shape index (κ2) is 12.8. The van der Waals surface area contributed by atoms with E-state index < -0.39 is 17.7 Å². The first-order valence-electron chi connectivity index (χ1n) is 15.6. The number of hydrogen-bond donors (Lipinski definition) is 2. The molecule has 238 valence electrons. The van der Waals surface area contributed by atoms with Gasteiger partial charge in [0.15, 0.2) is 0 Å². The summed E-state index contributed by atoms with van der Waals surface area (Å²) in [7, 11) is 1.83. The van der Waals surface area contributed by atoms with Crippen molar-refractivity contribution in [2.75, 3.05) is 39.8 Å². The summed E-state index contributed by atoms with van der Waals surface area (Å²) in [4.78, 5) is 36.9. The number of fused-ring (bicyclic) bond motifs is 2. The molecule has 45 heavy (non-hydrogen) atoms. The first-order valence-corrected chi connectivity index (χ1v) is 16.0. The lowest BCUT2D eigenvalue weighted by Gasteiger charge is -2.39. The van der Waals surface area contributed by atoms with Crippen LogP contribution in [0.1, 0.15) is 61.0 Å². The fourth-order valence-electron chi connectivity index (χ4n) is 6.01. The van der Waals surface area contributed by atoms with Crippen molar-refractivity contribution < 1.29 is 19.1 Å². The molecular weight excluding hydrogens is 592 g/mol. The molecule has 3 aliphatic carbocycles. The monoisotopic (exact) mass is 632 g/mol. The number of pyridine rings is 1. The molecule has 6 rings (SSSR count). The summed E-state index contributed by atoms with van der Waals surface area (Å²) in [5.41, 5.74) is 10.8. The second-order valence-corrected chi connectivity index (χ2v) is 13.0. The van der Waals surface area contributed by atoms with Gasteiger partial charge in [0.05, 0.1) is 30.1 Å². The van der Waals surface area contributed by atoms with Gasteiger partial charge in [-0.1, -0.05) is 30.3 Å². The fourth-order valence-corrected chi connectivity index (χ4v) is 6.18. The van der Waals surface area contributed by atoms with Crippen molar-refractivity contribution in [3.63, 3.8) is 0 Å². The molecule has 2 atom stereocenters. The van der Waals surface area contributed by atoms with Gasteiger partial charge in [0.2, 0.25) is 0 Å². The number of amides is 2. The number of benzene rings is 1. The molecule has 1 aromatic heterocycles. The molecule has 3 fully saturated rings. The first kappa shape index (κ1) is 31.0. The van der Waals surface area contributed by atoms with Crippen molar-refractivity contribution in [1.29, 1.82) is 0 Å². The summed E-state index contributed by atoms with van der Waals surface area (Å²) >= 11 is 6.67. The number of nitrogens with two attached hydrogens (primary N) is 1. The zero-order valence-electron chi connectivity index (χ0n) is 25.9. The van der Waals surface area contributed by atoms with Crippen molar-refractivity contribution in [2.45, 2.75) is 50.3 Å². The smallest absolute Gasteiger partial charge is 0.409 e. The molecule has 3 N–H and O–H groups in total. The van der Waals surface area contributed by atoms with Crippen molar-refractivity contribution in [2.24, 2.45) is 11.7 Å². The number of nitrogens with zero attached hydrogens (tertiary/aromatic N) is 4. The van der Waals surface area contributed by atoms with Crippen molar-refractivity contribution in [3.8, 4) is 0 Å². The molecule has 1 saturated heterocycles. The zero-order chi connectivity index (χ0) is 31.7. The summed E-state index contributed by atoms with van der Waals surface area (Å²) in [5, 5.41) is 3.66. The number of carbonyl (C=O) groups excluding carboxylic acids is 2. The van der Waals surface area contributed by atoms with E-state index in [1.54, 1.807) is 22.2 Å². The Kier molecular flexibility index (Phi) is 8.79. The molecule has 0 spiro atoms. The summed E-state index contributed by atoms with van der Waals surface area (Å²) in [6.07, 6.45) is 10.1. The maximum atomic E-state index is 13.3. The van der Waals surface area contributed by atoms with E-state index in [1.807, 2.05) is 50.4 Å². The fraction of sp³-hybridized carbons (Fsp3) is 0.441. The molecular formula is C34H41ClN6O4. The van der Waals surface area contributed by atoms with E-state index in [0.29, 0.717) is 49.4 Å². The van der Waals surface area contributed by atoms with Gasteiger partial charge >= 0.3 is 12.2 Å². The first-order chi connectivity index (χ1) is 21.7. The number of aromatic nitrogens is 1. The van der Waals surface area contributed by atoms with Crippen LogP contribution in [0.2, 0.25) is 5.02 Å². The third-order valence-electron chi connectivity index (χ3n) is 9.15. The van der Waals surface area contributed by atoms with Crippen LogP contribution >= 0.6 is 11.6 Å². The number of likely N-dealkylation sites (N-methyl/N-ethyl adjacent to an activating group) is 1. The number of rotatable bonds is 9. The number of nitrogens with one attached hydrogen (secondary N) is 1. The Morgan fingerprint density at radius 2 is 2.00 bits per heavy atom. The lowest BCUT2D eigenvalue weighted by atomic mass is 9.89. The van der Waals surface area contributed by atoms with Gasteiger partial charge in [-0.3, -0.25) is 9.88 Å². The highest BCUT2D eigenvalue weighted by Gasteiger charge is 2.43. The van der Waals surface area contributed by atoms with Gasteiger partial charge in [0.1, 0.15) is 5.60 Å². The third kappa shape index (κ3) is 6.82. The summed E-state index contributed by atoms with van der Waals surface area (Å²) in [6.45, 7) is 8.72. The maximum Gasteiger partial charge on any atom is 0.409 e.